The molecule has 0 N–H and O–H groups in total. The Morgan fingerprint density at radius 3 is 2.89 bits per heavy atom. The second kappa shape index (κ2) is 6.09. The first kappa shape index (κ1) is 13.9. The summed E-state index contributed by atoms with van der Waals surface area (Å²) in [6.45, 7) is 8.16. The molecular formula is C16H23NO2. The summed E-state index contributed by atoms with van der Waals surface area (Å²) in [5, 5.41) is 0. The molecule has 2 rings (SSSR count). The Hall–Kier alpha value is -1.51. The lowest BCUT2D eigenvalue weighted by atomic mass is 10.0. The van der Waals surface area contributed by atoms with Gasteiger partial charge in [0.15, 0.2) is 6.61 Å². The Balaban J connectivity index is 1.89. The van der Waals surface area contributed by atoms with Crippen LogP contribution in [0.15, 0.2) is 18.2 Å². The van der Waals surface area contributed by atoms with Gasteiger partial charge in [-0.3, -0.25) is 4.79 Å². The van der Waals surface area contributed by atoms with E-state index in [0.29, 0.717) is 5.92 Å². The molecule has 0 saturated carbocycles. The number of nitrogens with zero attached hydrogens (tertiary/aromatic N) is 1. The lowest BCUT2D eigenvalue weighted by Gasteiger charge is -2.30. The SMILES string of the molecule is Cc1ccc(OCC(=O)N2CCC[C@@H](C)C2)c(C)c1. The number of amides is 1. The maximum atomic E-state index is 12.1. The second-order valence-corrected chi connectivity index (χ2v) is 5.64. The molecule has 1 saturated heterocycles. The number of benzene rings is 1. The van der Waals surface area contributed by atoms with Gasteiger partial charge in [0.05, 0.1) is 0 Å². The third kappa shape index (κ3) is 3.72. The van der Waals surface area contributed by atoms with Crippen LogP contribution in [0.3, 0.4) is 0 Å². The standard InChI is InChI=1S/C16H23NO2/c1-12-6-7-15(14(3)9-12)19-11-16(18)17-8-4-5-13(2)10-17/h6-7,9,13H,4-5,8,10-11H2,1-3H3/t13-/m1/s1. The number of ether oxygens (including phenoxy) is 1. The smallest absolute Gasteiger partial charge is 0.260 e. The minimum atomic E-state index is 0.103. The van der Waals surface area contributed by atoms with Gasteiger partial charge in [0, 0.05) is 13.1 Å². The molecule has 1 aromatic rings. The van der Waals surface area contributed by atoms with E-state index in [1.807, 2.05) is 24.0 Å². The van der Waals surface area contributed by atoms with E-state index in [9.17, 15) is 4.79 Å². The van der Waals surface area contributed by atoms with E-state index < -0.39 is 0 Å². The minimum absolute atomic E-state index is 0.103. The molecule has 1 fully saturated rings. The number of rotatable bonds is 3. The number of likely N-dealkylation sites (tertiary alicyclic amines) is 1. The highest BCUT2D eigenvalue weighted by molar-refractivity contribution is 5.77. The number of carbonyl (C=O) groups excluding carboxylic acids is 1. The van der Waals surface area contributed by atoms with Crippen LogP contribution in [0.4, 0.5) is 0 Å². The van der Waals surface area contributed by atoms with Gasteiger partial charge < -0.3 is 9.64 Å². The maximum Gasteiger partial charge on any atom is 0.260 e. The average molecular weight is 261 g/mol. The Morgan fingerprint density at radius 2 is 2.21 bits per heavy atom. The van der Waals surface area contributed by atoms with Crippen LogP contribution >= 0.6 is 0 Å². The number of carbonyl (C=O) groups is 1. The lowest BCUT2D eigenvalue weighted by Crippen LogP contribution is -2.41. The monoisotopic (exact) mass is 261 g/mol. The second-order valence-electron chi connectivity index (χ2n) is 5.64. The summed E-state index contributed by atoms with van der Waals surface area (Å²) >= 11 is 0. The molecule has 104 valence electrons. The summed E-state index contributed by atoms with van der Waals surface area (Å²) in [5.74, 6) is 1.52. The molecule has 1 aromatic carbocycles. The van der Waals surface area contributed by atoms with Crippen molar-refractivity contribution in [3.63, 3.8) is 0 Å². The molecule has 19 heavy (non-hydrogen) atoms. The van der Waals surface area contributed by atoms with Crippen molar-refractivity contribution in [3.8, 4) is 5.75 Å². The predicted molar refractivity (Wildman–Crippen MR) is 76.4 cm³/mol. The maximum absolute atomic E-state index is 12.1. The molecule has 1 aliphatic rings. The Morgan fingerprint density at radius 1 is 1.42 bits per heavy atom. The van der Waals surface area contributed by atoms with Gasteiger partial charge in [0.1, 0.15) is 5.75 Å². The molecule has 1 heterocycles. The van der Waals surface area contributed by atoms with E-state index in [-0.39, 0.29) is 12.5 Å². The summed E-state index contributed by atoms with van der Waals surface area (Å²) in [5.41, 5.74) is 2.29. The van der Waals surface area contributed by atoms with Crippen LogP contribution in [0.1, 0.15) is 30.9 Å². The van der Waals surface area contributed by atoms with Crippen molar-refractivity contribution in [2.75, 3.05) is 19.7 Å². The number of piperidine rings is 1. The van der Waals surface area contributed by atoms with Gasteiger partial charge >= 0.3 is 0 Å². The van der Waals surface area contributed by atoms with Crippen LogP contribution in [0.2, 0.25) is 0 Å². The number of aryl methyl sites for hydroxylation is 2. The van der Waals surface area contributed by atoms with Gasteiger partial charge in [-0.25, -0.2) is 0 Å². The van der Waals surface area contributed by atoms with Crippen molar-refractivity contribution < 1.29 is 9.53 Å². The zero-order chi connectivity index (χ0) is 13.8. The highest BCUT2D eigenvalue weighted by atomic mass is 16.5. The van der Waals surface area contributed by atoms with Crippen LogP contribution in [0.5, 0.6) is 5.75 Å². The lowest BCUT2D eigenvalue weighted by molar-refractivity contribution is -0.135. The van der Waals surface area contributed by atoms with E-state index >= 15 is 0 Å². The highest BCUT2D eigenvalue weighted by Gasteiger charge is 2.21. The Bertz CT molecular complexity index is 456. The molecule has 0 aromatic heterocycles. The summed E-state index contributed by atoms with van der Waals surface area (Å²) in [7, 11) is 0. The first-order valence-electron chi connectivity index (χ1n) is 7.04. The van der Waals surface area contributed by atoms with Gasteiger partial charge in [0.2, 0.25) is 0 Å². The minimum Gasteiger partial charge on any atom is -0.484 e. The van der Waals surface area contributed by atoms with Gasteiger partial charge in [-0.15, -0.1) is 0 Å². The summed E-state index contributed by atoms with van der Waals surface area (Å²) in [4.78, 5) is 14.0. The van der Waals surface area contributed by atoms with E-state index in [1.165, 1.54) is 12.0 Å². The first-order valence-corrected chi connectivity index (χ1v) is 7.04. The summed E-state index contributed by atoms with van der Waals surface area (Å²) in [6.07, 6.45) is 2.33. The van der Waals surface area contributed by atoms with Crippen molar-refractivity contribution in [1.82, 2.24) is 4.90 Å². The molecule has 0 spiro atoms. The molecular weight excluding hydrogens is 238 g/mol. The molecule has 1 aliphatic heterocycles. The molecule has 1 atom stereocenters. The van der Waals surface area contributed by atoms with Gasteiger partial charge in [-0.2, -0.15) is 0 Å². The van der Waals surface area contributed by atoms with E-state index in [1.54, 1.807) is 0 Å². The fraction of sp³-hybridized carbons (Fsp3) is 0.562. The van der Waals surface area contributed by atoms with Gasteiger partial charge in [-0.05, 0) is 44.2 Å². The third-order valence-electron chi connectivity index (χ3n) is 3.69. The fourth-order valence-electron chi connectivity index (χ4n) is 2.61. The van der Waals surface area contributed by atoms with E-state index in [4.69, 9.17) is 4.74 Å². The van der Waals surface area contributed by atoms with Crippen molar-refractivity contribution in [2.24, 2.45) is 5.92 Å². The van der Waals surface area contributed by atoms with Crippen LogP contribution in [-0.2, 0) is 4.79 Å². The zero-order valence-corrected chi connectivity index (χ0v) is 12.1. The van der Waals surface area contributed by atoms with Crippen molar-refractivity contribution in [1.29, 1.82) is 0 Å². The van der Waals surface area contributed by atoms with Gasteiger partial charge in [0.25, 0.3) is 5.91 Å². The molecule has 0 aliphatic carbocycles. The third-order valence-corrected chi connectivity index (χ3v) is 3.69. The predicted octanol–water partition coefficient (Wildman–Crippen LogP) is 2.94. The van der Waals surface area contributed by atoms with E-state index in [2.05, 4.69) is 19.9 Å². The van der Waals surface area contributed by atoms with Crippen molar-refractivity contribution in [2.45, 2.75) is 33.6 Å². The first-order chi connectivity index (χ1) is 9.06. The molecule has 3 nitrogen and oxygen atoms in total. The van der Waals surface area contributed by atoms with Crippen LogP contribution in [0, 0.1) is 19.8 Å². The quantitative estimate of drug-likeness (QED) is 0.837. The fourth-order valence-corrected chi connectivity index (χ4v) is 2.61. The van der Waals surface area contributed by atoms with Crippen LogP contribution < -0.4 is 4.74 Å². The number of hydrogen-bond donors (Lipinski definition) is 0. The Kier molecular flexibility index (Phi) is 4.46. The number of hydrogen-bond acceptors (Lipinski definition) is 2. The molecule has 3 heteroatoms. The molecule has 1 amide bonds. The summed E-state index contributed by atoms with van der Waals surface area (Å²) < 4.78 is 5.65. The van der Waals surface area contributed by atoms with Crippen molar-refractivity contribution >= 4 is 5.91 Å². The molecule has 0 bridgehead atoms. The normalized spacial score (nSPS) is 19.3. The van der Waals surface area contributed by atoms with Crippen LogP contribution in [-0.4, -0.2) is 30.5 Å². The summed E-state index contributed by atoms with van der Waals surface area (Å²) in [6, 6.07) is 6.02. The molecule has 0 unspecified atom stereocenters. The topological polar surface area (TPSA) is 29.5 Å². The average Bonchev–Trinajstić information content (AvgIpc) is 2.37. The van der Waals surface area contributed by atoms with Crippen LogP contribution in [0.25, 0.3) is 0 Å². The zero-order valence-electron chi connectivity index (χ0n) is 12.1. The highest BCUT2D eigenvalue weighted by Crippen LogP contribution is 2.19. The Labute approximate surface area is 115 Å². The van der Waals surface area contributed by atoms with Crippen molar-refractivity contribution in [3.05, 3.63) is 29.3 Å². The van der Waals surface area contributed by atoms with E-state index in [0.717, 1.165) is 30.8 Å². The molecule has 0 radical (unpaired) electrons. The largest absolute Gasteiger partial charge is 0.484 e. The van der Waals surface area contributed by atoms with Gasteiger partial charge in [-0.1, -0.05) is 24.6 Å².